The number of H-pyrrole nitrogens is 1. The summed E-state index contributed by atoms with van der Waals surface area (Å²) in [5, 5.41) is 10.6. The number of nitrogens with one attached hydrogen (secondary N) is 1. The van der Waals surface area contributed by atoms with Crippen LogP contribution < -0.4 is 5.56 Å². The third kappa shape index (κ3) is 3.44. The number of nitrogens with zero attached hydrogens (tertiary/aromatic N) is 2. The lowest BCUT2D eigenvalue weighted by atomic mass is 10.2. The second-order valence-corrected chi connectivity index (χ2v) is 6.10. The maximum Gasteiger partial charge on any atom is 0.264 e. The topological polar surface area (TPSA) is 70.4 Å². The van der Waals surface area contributed by atoms with E-state index in [1.54, 1.807) is 0 Å². The maximum atomic E-state index is 12.2. The van der Waals surface area contributed by atoms with E-state index < -0.39 is 5.56 Å². The lowest BCUT2D eigenvalue weighted by Gasteiger charge is -2.13. The molecule has 0 saturated heterocycles. The lowest BCUT2D eigenvalue weighted by Crippen LogP contribution is -2.18. The van der Waals surface area contributed by atoms with E-state index in [-0.39, 0.29) is 16.2 Å². The summed E-state index contributed by atoms with van der Waals surface area (Å²) in [5.74, 6) is -0.237. The summed E-state index contributed by atoms with van der Waals surface area (Å²) in [6.07, 6.45) is 1.35. The number of hydrogen-bond acceptors (Lipinski definition) is 4. The van der Waals surface area contributed by atoms with Gasteiger partial charge in [0.05, 0.1) is 11.4 Å². The van der Waals surface area contributed by atoms with Gasteiger partial charge in [-0.05, 0) is 49.8 Å². The van der Waals surface area contributed by atoms with Crippen LogP contribution in [0.4, 0.5) is 5.69 Å². The normalized spacial score (nSPS) is 11.1. The van der Waals surface area contributed by atoms with Crippen LogP contribution in [-0.4, -0.2) is 20.9 Å². The Balaban J connectivity index is 2.14. The fourth-order valence-electron chi connectivity index (χ4n) is 2.46. The van der Waals surface area contributed by atoms with Crippen LogP contribution in [0.5, 0.6) is 5.88 Å². The fraction of sp³-hybridized carbons (Fsp3) is 0.105. The number of aryl methyl sites for hydroxylation is 2. The summed E-state index contributed by atoms with van der Waals surface area (Å²) >= 11 is 5.22. The van der Waals surface area contributed by atoms with Crippen molar-refractivity contribution >= 4 is 24.1 Å². The molecule has 2 N–H and O–H groups in total. The average molecular weight is 351 g/mol. The number of rotatable bonds is 3. The Morgan fingerprint density at radius 2 is 1.80 bits per heavy atom. The average Bonchev–Trinajstić information content (AvgIpc) is 2.57. The Hall–Kier alpha value is -2.99. The van der Waals surface area contributed by atoms with E-state index in [1.807, 2.05) is 62.4 Å². The van der Waals surface area contributed by atoms with Crippen molar-refractivity contribution in [3.8, 4) is 11.6 Å². The molecule has 0 radical (unpaired) electrons. The molecule has 0 atom stereocenters. The third-order valence-electron chi connectivity index (χ3n) is 3.85. The molecule has 0 unspecified atom stereocenters. The van der Waals surface area contributed by atoms with Gasteiger partial charge in [-0.1, -0.05) is 35.9 Å². The Labute approximate surface area is 149 Å². The van der Waals surface area contributed by atoms with Gasteiger partial charge in [0.1, 0.15) is 5.56 Å². The van der Waals surface area contributed by atoms with Gasteiger partial charge in [-0.3, -0.25) is 19.3 Å². The van der Waals surface area contributed by atoms with Crippen LogP contribution >= 0.6 is 12.2 Å². The summed E-state index contributed by atoms with van der Waals surface area (Å²) in [7, 11) is 0. The summed E-state index contributed by atoms with van der Waals surface area (Å²) in [6, 6.07) is 15.0. The minimum atomic E-state index is -0.483. The van der Waals surface area contributed by atoms with Crippen molar-refractivity contribution in [3.05, 3.63) is 80.3 Å². The molecular weight excluding hydrogens is 334 g/mol. The van der Waals surface area contributed by atoms with Gasteiger partial charge in [0.2, 0.25) is 5.88 Å². The van der Waals surface area contributed by atoms with E-state index >= 15 is 0 Å². The Morgan fingerprint density at radius 3 is 2.48 bits per heavy atom. The molecule has 0 aliphatic heterocycles. The minimum Gasteiger partial charge on any atom is -0.494 e. The van der Waals surface area contributed by atoms with Crippen molar-refractivity contribution in [2.45, 2.75) is 13.8 Å². The number of aromatic nitrogens is 2. The zero-order valence-corrected chi connectivity index (χ0v) is 14.7. The Morgan fingerprint density at radius 1 is 1.12 bits per heavy atom. The third-order valence-corrected chi connectivity index (χ3v) is 4.14. The van der Waals surface area contributed by atoms with Gasteiger partial charge in [-0.25, -0.2) is 0 Å². The fourth-order valence-corrected chi connectivity index (χ4v) is 2.74. The Kier molecular flexibility index (Phi) is 4.63. The largest absolute Gasteiger partial charge is 0.494 e. The smallest absolute Gasteiger partial charge is 0.264 e. The maximum absolute atomic E-state index is 12.2. The van der Waals surface area contributed by atoms with E-state index in [1.165, 1.54) is 10.8 Å². The highest BCUT2D eigenvalue weighted by atomic mass is 32.1. The van der Waals surface area contributed by atoms with Crippen LogP contribution in [-0.2, 0) is 0 Å². The predicted molar refractivity (Wildman–Crippen MR) is 102 cm³/mol. The number of aromatic amines is 1. The quantitative estimate of drug-likeness (QED) is 0.554. The molecule has 0 aliphatic rings. The van der Waals surface area contributed by atoms with Crippen LogP contribution in [0.2, 0.25) is 0 Å². The van der Waals surface area contributed by atoms with Gasteiger partial charge >= 0.3 is 0 Å². The molecule has 6 heteroatoms. The van der Waals surface area contributed by atoms with E-state index in [4.69, 9.17) is 12.2 Å². The number of benzene rings is 2. The SMILES string of the molecule is Cc1ccc(N=Cc2c(O)n(-c3ccccc3C)c(=S)[nH]c2=O)cc1. The molecule has 0 bridgehead atoms. The molecule has 1 heterocycles. The molecule has 0 saturated carbocycles. The van der Waals surface area contributed by atoms with Crippen LogP contribution in [0.1, 0.15) is 16.7 Å². The zero-order chi connectivity index (χ0) is 18.0. The van der Waals surface area contributed by atoms with Crippen molar-refractivity contribution in [2.24, 2.45) is 4.99 Å². The van der Waals surface area contributed by atoms with Crippen molar-refractivity contribution in [1.82, 2.24) is 9.55 Å². The molecule has 0 spiro atoms. The van der Waals surface area contributed by atoms with Gasteiger partial charge in [-0.15, -0.1) is 0 Å². The van der Waals surface area contributed by atoms with E-state index in [0.717, 1.165) is 11.1 Å². The zero-order valence-electron chi connectivity index (χ0n) is 13.9. The van der Waals surface area contributed by atoms with Crippen LogP contribution in [0.3, 0.4) is 0 Å². The predicted octanol–water partition coefficient (Wildman–Crippen LogP) is 3.97. The van der Waals surface area contributed by atoms with Crippen molar-refractivity contribution < 1.29 is 5.11 Å². The van der Waals surface area contributed by atoms with Crippen molar-refractivity contribution in [1.29, 1.82) is 0 Å². The van der Waals surface area contributed by atoms with Crippen molar-refractivity contribution in [2.75, 3.05) is 0 Å². The Bertz CT molecular complexity index is 1060. The second kappa shape index (κ2) is 6.86. The van der Waals surface area contributed by atoms with Gasteiger partial charge < -0.3 is 5.11 Å². The van der Waals surface area contributed by atoms with E-state index in [9.17, 15) is 9.90 Å². The molecule has 126 valence electrons. The molecule has 1 aromatic heterocycles. The molecular formula is C19H17N3O2S. The van der Waals surface area contributed by atoms with Gasteiger partial charge in [0, 0.05) is 6.21 Å². The molecule has 2 aromatic carbocycles. The molecule has 5 nitrogen and oxygen atoms in total. The van der Waals surface area contributed by atoms with Crippen molar-refractivity contribution in [3.63, 3.8) is 0 Å². The number of hydrogen-bond donors (Lipinski definition) is 2. The number of aromatic hydroxyl groups is 1. The summed E-state index contributed by atoms with van der Waals surface area (Å²) < 4.78 is 1.56. The molecule has 3 aromatic rings. The van der Waals surface area contributed by atoms with Gasteiger partial charge in [-0.2, -0.15) is 0 Å². The highest BCUT2D eigenvalue weighted by molar-refractivity contribution is 7.71. The van der Waals surface area contributed by atoms with Crippen LogP contribution in [0, 0.1) is 18.6 Å². The highest BCUT2D eigenvalue weighted by Gasteiger charge is 2.13. The highest BCUT2D eigenvalue weighted by Crippen LogP contribution is 2.22. The van der Waals surface area contributed by atoms with E-state index in [2.05, 4.69) is 9.98 Å². The molecule has 25 heavy (non-hydrogen) atoms. The first-order valence-electron chi connectivity index (χ1n) is 7.72. The number of para-hydroxylation sites is 1. The van der Waals surface area contributed by atoms with Gasteiger partial charge in [0.15, 0.2) is 4.77 Å². The van der Waals surface area contributed by atoms with E-state index in [0.29, 0.717) is 11.4 Å². The van der Waals surface area contributed by atoms with Gasteiger partial charge in [0.25, 0.3) is 5.56 Å². The monoisotopic (exact) mass is 351 g/mol. The summed E-state index contributed by atoms with van der Waals surface area (Å²) in [4.78, 5) is 19.1. The summed E-state index contributed by atoms with van der Waals surface area (Å²) in [5.41, 5.74) is 3.00. The standard InChI is InChI=1S/C19H17N3O2S/c1-12-7-9-14(10-8-12)20-11-15-17(23)21-19(25)22(18(15)24)16-6-4-3-5-13(16)2/h3-11,24H,1-2H3,(H,21,23,25). The first kappa shape index (κ1) is 16.9. The first-order chi connectivity index (χ1) is 12.0. The van der Waals surface area contributed by atoms with Crippen LogP contribution in [0.15, 0.2) is 58.3 Å². The lowest BCUT2D eigenvalue weighted by molar-refractivity contribution is 0.432. The second-order valence-electron chi connectivity index (χ2n) is 5.71. The molecule has 0 aliphatic carbocycles. The molecule has 3 rings (SSSR count). The van der Waals surface area contributed by atoms with Crippen LogP contribution in [0.25, 0.3) is 5.69 Å². The first-order valence-corrected chi connectivity index (χ1v) is 8.13. The molecule has 0 amide bonds. The minimum absolute atomic E-state index is 0.0532. The summed E-state index contributed by atoms with van der Waals surface area (Å²) in [6.45, 7) is 3.89. The number of aliphatic imine (C=N–C) groups is 1. The molecule has 0 fully saturated rings.